The normalized spacial score (nSPS) is 11.0. The van der Waals surface area contributed by atoms with Crippen molar-refractivity contribution >= 4 is 11.3 Å². The average Bonchev–Trinajstić information content (AvgIpc) is 3.26. The van der Waals surface area contributed by atoms with E-state index in [0.717, 1.165) is 23.4 Å². The summed E-state index contributed by atoms with van der Waals surface area (Å²) in [6.07, 6.45) is 5.86. The molecule has 0 amide bonds. The summed E-state index contributed by atoms with van der Waals surface area (Å²) in [6.45, 7) is 2.22. The minimum Gasteiger partial charge on any atom is -0.507 e. The number of aryl methyl sites for hydroxylation is 1. The van der Waals surface area contributed by atoms with Crippen molar-refractivity contribution in [3.63, 3.8) is 0 Å². The summed E-state index contributed by atoms with van der Waals surface area (Å²) in [4.78, 5) is 10.6. The van der Waals surface area contributed by atoms with Gasteiger partial charge in [0.15, 0.2) is 5.82 Å². The Kier molecular flexibility index (Phi) is 6.63. The Labute approximate surface area is 186 Å². The molecule has 0 aliphatic rings. The lowest BCUT2D eigenvalue weighted by Gasteiger charge is -2.11. The topological polar surface area (TPSA) is 66.2 Å². The van der Waals surface area contributed by atoms with Gasteiger partial charge in [-0.25, -0.2) is 9.97 Å². The molecule has 2 heterocycles. The van der Waals surface area contributed by atoms with E-state index in [9.17, 15) is 10.2 Å². The fourth-order valence-electron chi connectivity index (χ4n) is 3.67. The molecular formula is C26H26N2O2S. The molecule has 0 radical (unpaired) electrons. The molecule has 158 valence electrons. The first-order chi connectivity index (χ1) is 15.2. The van der Waals surface area contributed by atoms with Crippen LogP contribution in [0.1, 0.15) is 38.2 Å². The molecule has 4 rings (SSSR count). The summed E-state index contributed by atoms with van der Waals surface area (Å²) >= 11 is 1.67. The number of phenolic OH excluding ortho intramolecular Hbond substituents is 2. The van der Waals surface area contributed by atoms with Gasteiger partial charge in [-0.2, -0.15) is 0 Å². The Hall–Kier alpha value is -3.18. The maximum Gasteiger partial charge on any atom is 0.164 e. The molecule has 0 unspecified atom stereocenters. The molecule has 0 aliphatic carbocycles. The highest BCUT2D eigenvalue weighted by atomic mass is 32.1. The molecule has 31 heavy (non-hydrogen) atoms. The van der Waals surface area contributed by atoms with Crippen molar-refractivity contribution in [2.45, 2.75) is 39.0 Å². The van der Waals surface area contributed by atoms with Gasteiger partial charge in [0.25, 0.3) is 0 Å². The van der Waals surface area contributed by atoms with E-state index in [1.807, 2.05) is 30.3 Å². The Bertz CT molecular complexity index is 1110. The van der Waals surface area contributed by atoms with E-state index >= 15 is 0 Å². The minimum atomic E-state index is 0.133. The van der Waals surface area contributed by atoms with Gasteiger partial charge in [0.1, 0.15) is 11.5 Å². The van der Waals surface area contributed by atoms with Crippen LogP contribution in [0.4, 0.5) is 0 Å². The smallest absolute Gasteiger partial charge is 0.164 e. The number of thiophene rings is 1. The van der Waals surface area contributed by atoms with Gasteiger partial charge in [0.2, 0.25) is 0 Å². The molecule has 0 fully saturated rings. The summed E-state index contributed by atoms with van der Waals surface area (Å²) in [5.41, 5.74) is 3.94. The van der Waals surface area contributed by atoms with Crippen molar-refractivity contribution in [2.24, 2.45) is 0 Å². The zero-order valence-corrected chi connectivity index (χ0v) is 18.4. The van der Waals surface area contributed by atoms with E-state index in [4.69, 9.17) is 9.97 Å². The molecule has 0 bridgehead atoms. The Morgan fingerprint density at radius 1 is 0.774 bits per heavy atom. The third-order valence-corrected chi connectivity index (χ3v) is 6.31. The highest BCUT2D eigenvalue weighted by Gasteiger charge is 2.17. The first-order valence-corrected chi connectivity index (χ1v) is 11.6. The first-order valence-electron chi connectivity index (χ1n) is 10.7. The number of unbranched alkanes of at least 4 members (excludes halogenated alkanes) is 3. The second kappa shape index (κ2) is 9.75. The zero-order valence-electron chi connectivity index (χ0n) is 17.6. The zero-order chi connectivity index (χ0) is 21.6. The van der Waals surface area contributed by atoms with Crippen LogP contribution in [0, 0.1) is 0 Å². The van der Waals surface area contributed by atoms with Crippen LogP contribution in [0.3, 0.4) is 0 Å². The Morgan fingerprint density at radius 3 is 2.16 bits per heavy atom. The SMILES string of the molecule is CCCCCCc1ccsc1-c1cc(-c2ccccc2O)nc(-c2ccccc2O)n1. The molecule has 5 heteroatoms. The van der Waals surface area contributed by atoms with Crippen molar-refractivity contribution in [3.05, 3.63) is 71.6 Å². The van der Waals surface area contributed by atoms with Gasteiger partial charge in [-0.15, -0.1) is 11.3 Å². The largest absolute Gasteiger partial charge is 0.507 e. The van der Waals surface area contributed by atoms with Crippen LogP contribution in [-0.4, -0.2) is 20.2 Å². The van der Waals surface area contributed by atoms with E-state index in [1.54, 1.807) is 35.6 Å². The number of rotatable bonds is 8. The van der Waals surface area contributed by atoms with Crippen LogP contribution in [-0.2, 0) is 6.42 Å². The third kappa shape index (κ3) is 4.78. The van der Waals surface area contributed by atoms with Gasteiger partial charge in [0.05, 0.1) is 21.8 Å². The third-order valence-electron chi connectivity index (χ3n) is 5.33. The van der Waals surface area contributed by atoms with Crippen molar-refractivity contribution < 1.29 is 10.2 Å². The van der Waals surface area contributed by atoms with Crippen LogP contribution >= 0.6 is 11.3 Å². The lowest BCUT2D eigenvalue weighted by atomic mass is 10.0. The lowest BCUT2D eigenvalue weighted by Crippen LogP contribution is -1.97. The number of phenols is 2. The highest BCUT2D eigenvalue weighted by Crippen LogP contribution is 2.36. The average molecular weight is 431 g/mol. The predicted molar refractivity (Wildman–Crippen MR) is 127 cm³/mol. The maximum atomic E-state index is 10.4. The van der Waals surface area contributed by atoms with E-state index in [2.05, 4.69) is 18.4 Å². The van der Waals surface area contributed by atoms with Crippen molar-refractivity contribution in [2.75, 3.05) is 0 Å². The quantitative estimate of drug-likeness (QED) is 0.293. The summed E-state index contributed by atoms with van der Waals surface area (Å²) in [6, 6.07) is 18.3. The molecule has 4 aromatic rings. The molecule has 0 spiro atoms. The van der Waals surface area contributed by atoms with Crippen LogP contribution in [0.5, 0.6) is 11.5 Å². The van der Waals surface area contributed by atoms with E-state index in [1.165, 1.54) is 24.8 Å². The first kappa shape index (κ1) is 21.1. The number of benzene rings is 2. The number of hydrogen-bond donors (Lipinski definition) is 2. The Morgan fingerprint density at radius 2 is 1.45 bits per heavy atom. The van der Waals surface area contributed by atoms with Crippen LogP contribution in [0.15, 0.2) is 66.0 Å². The number of aromatic hydroxyl groups is 2. The fraction of sp³-hybridized carbons (Fsp3) is 0.231. The molecule has 0 atom stereocenters. The van der Waals surface area contributed by atoms with Gasteiger partial charge in [-0.1, -0.05) is 50.5 Å². The second-order valence-electron chi connectivity index (χ2n) is 7.58. The van der Waals surface area contributed by atoms with E-state index in [-0.39, 0.29) is 11.5 Å². The highest BCUT2D eigenvalue weighted by molar-refractivity contribution is 7.13. The summed E-state index contributed by atoms with van der Waals surface area (Å²) in [5.74, 6) is 0.745. The van der Waals surface area contributed by atoms with Gasteiger partial charge >= 0.3 is 0 Å². The summed E-state index contributed by atoms with van der Waals surface area (Å²) in [7, 11) is 0. The van der Waals surface area contributed by atoms with Crippen molar-refractivity contribution in [1.82, 2.24) is 9.97 Å². The van der Waals surface area contributed by atoms with Gasteiger partial charge < -0.3 is 10.2 Å². The molecular weight excluding hydrogens is 404 g/mol. The van der Waals surface area contributed by atoms with Crippen molar-refractivity contribution in [3.8, 4) is 44.7 Å². The lowest BCUT2D eigenvalue weighted by molar-refractivity contribution is 0.477. The fourth-order valence-corrected chi connectivity index (χ4v) is 4.59. The molecule has 0 aliphatic heterocycles. The molecule has 0 saturated carbocycles. The number of aromatic nitrogens is 2. The standard InChI is InChI=1S/C26H26N2O2S/c1-2-3-4-5-10-18-15-16-31-25(18)22-17-21(19-11-6-8-13-23(19)29)27-26(28-22)20-12-7-9-14-24(20)30/h6-9,11-17,29-30H,2-5,10H2,1H3. The summed E-state index contributed by atoms with van der Waals surface area (Å²) in [5, 5.41) is 22.9. The van der Waals surface area contributed by atoms with Crippen LogP contribution in [0.2, 0.25) is 0 Å². The predicted octanol–water partition coefficient (Wildman–Crippen LogP) is 7.07. The molecule has 4 nitrogen and oxygen atoms in total. The number of para-hydroxylation sites is 2. The van der Waals surface area contributed by atoms with E-state index < -0.39 is 0 Å². The van der Waals surface area contributed by atoms with E-state index in [0.29, 0.717) is 22.6 Å². The van der Waals surface area contributed by atoms with Crippen LogP contribution in [0.25, 0.3) is 33.2 Å². The van der Waals surface area contributed by atoms with Gasteiger partial charge in [-0.3, -0.25) is 0 Å². The molecule has 2 aromatic heterocycles. The van der Waals surface area contributed by atoms with Gasteiger partial charge in [-0.05, 0) is 60.2 Å². The second-order valence-corrected chi connectivity index (χ2v) is 8.50. The maximum absolute atomic E-state index is 10.4. The summed E-state index contributed by atoms with van der Waals surface area (Å²) < 4.78 is 0. The molecule has 2 aromatic carbocycles. The van der Waals surface area contributed by atoms with Gasteiger partial charge in [0, 0.05) is 5.56 Å². The monoisotopic (exact) mass is 430 g/mol. The minimum absolute atomic E-state index is 0.133. The number of nitrogens with zero attached hydrogens (tertiary/aromatic N) is 2. The van der Waals surface area contributed by atoms with Crippen LogP contribution < -0.4 is 0 Å². The molecule has 0 saturated heterocycles. The van der Waals surface area contributed by atoms with Crippen molar-refractivity contribution in [1.29, 1.82) is 0 Å². The Balaban J connectivity index is 1.81. The molecule has 2 N–H and O–H groups in total. The number of hydrogen-bond acceptors (Lipinski definition) is 5.